The Morgan fingerprint density at radius 2 is 1.50 bits per heavy atom. The number of aryl methyl sites for hydroxylation is 1. The van der Waals surface area contributed by atoms with Crippen LogP contribution in [0.2, 0.25) is 0 Å². The number of nitrogen functional groups attached to an aromatic ring is 1. The van der Waals surface area contributed by atoms with Crippen LogP contribution in [0.25, 0.3) is 22.5 Å². The second-order valence-electron chi connectivity index (χ2n) is 5.35. The molecule has 0 aliphatic heterocycles. The van der Waals surface area contributed by atoms with Gasteiger partial charge in [0.2, 0.25) is 5.95 Å². The molecule has 5 nitrogen and oxygen atoms in total. The molecule has 0 atom stereocenters. The molecule has 0 saturated carbocycles. The average molecular weight is 321 g/mol. The minimum absolute atomic E-state index is 0.218. The minimum atomic E-state index is 0.218. The monoisotopic (exact) mass is 321 g/mol. The second-order valence-corrected chi connectivity index (χ2v) is 5.35. The maximum Gasteiger partial charge on any atom is 0.221 e. The van der Waals surface area contributed by atoms with E-state index in [0.29, 0.717) is 17.2 Å². The van der Waals surface area contributed by atoms with Crippen LogP contribution in [0.1, 0.15) is 5.56 Å². The van der Waals surface area contributed by atoms with Gasteiger partial charge in [-0.3, -0.25) is 0 Å². The fourth-order valence-electron chi connectivity index (χ4n) is 2.69. The molecule has 5 heteroatoms. The number of hydrogen-bond donors (Lipinski definition) is 1. The fraction of sp³-hybridized carbons (Fsp3) is 0.158. The van der Waals surface area contributed by atoms with E-state index in [0.717, 1.165) is 22.4 Å². The molecule has 1 heterocycles. The first-order valence-corrected chi connectivity index (χ1v) is 7.56. The van der Waals surface area contributed by atoms with Crippen molar-refractivity contribution in [3.8, 4) is 34.0 Å². The first-order chi connectivity index (χ1) is 11.6. The molecule has 3 aromatic rings. The van der Waals surface area contributed by atoms with Crippen LogP contribution in [0, 0.1) is 6.92 Å². The predicted molar refractivity (Wildman–Crippen MR) is 95.2 cm³/mol. The normalized spacial score (nSPS) is 10.5. The highest BCUT2D eigenvalue weighted by Gasteiger charge is 2.15. The smallest absolute Gasteiger partial charge is 0.221 e. The number of rotatable bonds is 4. The number of hydrogen-bond acceptors (Lipinski definition) is 5. The molecule has 2 N–H and O–H groups in total. The molecule has 0 aliphatic rings. The van der Waals surface area contributed by atoms with Crippen molar-refractivity contribution in [2.75, 3.05) is 20.0 Å². The van der Waals surface area contributed by atoms with Crippen molar-refractivity contribution in [3.63, 3.8) is 0 Å². The van der Waals surface area contributed by atoms with Crippen LogP contribution in [-0.2, 0) is 0 Å². The summed E-state index contributed by atoms with van der Waals surface area (Å²) in [6.07, 6.45) is 0. The molecular formula is C19H19N3O2. The lowest BCUT2D eigenvalue weighted by molar-refractivity contribution is 0.356. The van der Waals surface area contributed by atoms with Gasteiger partial charge in [-0.25, -0.2) is 9.97 Å². The molecule has 0 fully saturated rings. The number of benzene rings is 2. The molecule has 0 spiro atoms. The summed E-state index contributed by atoms with van der Waals surface area (Å²) in [6.45, 7) is 2.04. The molecule has 1 aromatic heterocycles. The third-order valence-corrected chi connectivity index (χ3v) is 3.84. The van der Waals surface area contributed by atoms with Crippen molar-refractivity contribution in [2.24, 2.45) is 0 Å². The number of anilines is 1. The van der Waals surface area contributed by atoms with E-state index >= 15 is 0 Å². The molecular weight excluding hydrogens is 302 g/mol. The van der Waals surface area contributed by atoms with Crippen molar-refractivity contribution in [1.29, 1.82) is 0 Å². The molecule has 0 aliphatic carbocycles. The van der Waals surface area contributed by atoms with Gasteiger partial charge in [0, 0.05) is 11.1 Å². The number of ether oxygens (including phenoxy) is 2. The van der Waals surface area contributed by atoms with E-state index in [1.54, 1.807) is 14.2 Å². The van der Waals surface area contributed by atoms with Crippen LogP contribution in [0.5, 0.6) is 11.5 Å². The van der Waals surface area contributed by atoms with Crippen LogP contribution in [0.15, 0.2) is 48.5 Å². The summed E-state index contributed by atoms with van der Waals surface area (Å²) in [5, 5.41) is 0. The van der Waals surface area contributed by atoms with Gasteiger partial charge >= 0.3 is 0 Å². The Kier molecular flexibility index (Phi) is 4.33. The lowest BCUT2D eigenvalue weighted by Crippen LogP contribution is -2.01. The van der Waals surface area contributed by atoms with Crippen molar-refractivity contribution in [2.45, 2.75) is 6.92 Å². The first kappa shape index (κ1) is 15.8. The lowest BCUT2D eigenvalue weighted by atomic mass is 10.0. The van der Waals surface area contributed by atoms with Gasteiger partial charge in [-0.1, -0.05) is 30.3 Å². The highest BCUT2D eigenvalue weighted by molar-refractivity contribution is 5.76. The standard InChI is InChI=1S/C19H19N3O2/c1-12-7-4-5-8-13(12)15-11-16(22-19(20)21-15)14-9-6-10-17(23-2)18(14)24-3/h4-11H,1-3H3,(H2,20,21,22). The van der Waals surface area contributed by atoms with Gasteiger partial charge in [0.05, 0.1) is 25.6 Å². The highest BCUT2D eigenvalue weighted by atomic mass is 16.5. The predicted octanol–water partition coefficient (Wildman–Crippen LogP) is 3.72. The Labute approximate surface area is 141 Å². The Bertz CT molecular complexity index is 878. The molecule has 122 valence electrons. The summed E-state index contributed by atoms with van der Waals surface area (Å²) in [5.74, 6) is 1.48. The van der Waals surface area contributed by atoms with Gasteiger partial charge in [0.1, 0.15) is 0 Å². The summed E-state index contributed by atoms with van der Waals surface area (Å²) in [4.78, 5) is 8.76. The van der Waals surface area contributed by atoms with E-state index in [2.05, 4.69) is 9.97 Å². The topological polar surface area (TPSA) is 70.3 Å². The third-order valence-electron chi connectivity index (χ3n) is 3.84. The second kappa shape index (κ2) is 6.58. The molecule has 0 unspecified atom stereocenters. The van der Waals surface area contributed by atoms with Crippen LogP contribution in [0.3, 0.4) is 0 Å². The van der Waals surface area contributed by atoms with Crippen molar-refractivity contribution in [1.82, 2.24) is 9.97 Å². The maximum atomic E-state index is 5.95. The van der Waals surface area contributed by atoms with Crippen LogP contribution >= 0.6 is 0 Å². The molecule has 0 radical (unpaired) electrons. The molecule has 0 saturated heterocycles. The van der Waals surface area contributed by atoms with E-state index in [1.807, 2.05) is 55.5 Å². The maximum absolute atomic E-state index is 5.95. The number of nitrogens with two attached hydrogens (primary N) is 1. The zero-order valence-corrected chi connectivity index (χ0v) is 13.9. The van der Waals surface area contributed by atoms with Crippen LogP contribution in [0.4, 0.5) is 5.95 Å². The van der Waals surface area contributed by atoms with Gasteiger partial charge in [-0.15, -0.1) is 0 Å². The van der Waals surface area contributed by atoms with E-state index < -0.39 is 0 Å². The SMILES string of the molecule is COc1cccc(-c2cc(-c3ccccc3C)nc(N)n2)c1OC. The highest BCUT2D eigenvalue weighted by Crippen LogP contribution is 2.38. The van der Waals surface area contributed by atoms with E-state index in [9.17, 15) is 0 Å². The zero-order valence-electron chi connectivity index (χ0n) is 13.9. The quantitative estimate of drug-likeness (QED) is 0.793. The summed E-state index contributed by atoms with van der Waals surface area (Å²) in [7, 11) is 3.21. The van der Waals surface area contributed by atoms with Gasteiger partial charge in [0.25, 0.3) is 0 Å². The Balaban J connectivity index is 2.19. The summed E-state index contributed by atoms with van der Waals surface area (Å²) in [5.41, 5.74) is 10.4. The third kappa shape index (κ3) is 2.88. The zero-order chi connectivity index (χ0) is 17.1. The van der Waals surface area contributed by atoms with E-state index in [4.69, 9.17) is 15.2 Å². The largest absolute Gasteiger partial charge is 0.493 e. The Morgan fingerprint density at radius 3 is 2.17 bits per heavy atom. The minimum Gasteiger partial charge on any atom is -0.493 e. The van der Waals surface area contributed by atoms with Crippen molar-refractivity contribution < 1.29 is 9.47 Å². The van der Waals surface area contributed by atoms with Crippen molar-refractivity contribution in [3.05, 3.63) is 54.1 Å². The molecule has 24 heavy (non-hydrogen) atoms. The first-order valence-electron chi connectivity index (χ1n) is 7.56. The molecule has 0 bridgehead atoms. The van der Waals surface area contributed by atoms with E-state index in [-0.39, 0.29) is 5.95 Å². The van der Waals surface area contributed by atoms with Gasteiger partial charge in [0.15, 0.2) is 11.5 Å². The van der Waals surface area contributed by atoms with Crippen LogP contribution < -0.4 is 15.2 Å². The lowest BCUT2D eigenvalue weighted by Gasteiger charge is -2.13. The summed E-state index contributed by atoms with van der Waals surface area (Å²) in [6, 6.07) is 15.6. The average Bonchev–Trinajstić information content (AvgIpc) is 2.60. The number of para-hydroxylation sites is 1. The molecule has 0 amide bonds. The number of aromatic nitrogens is 2. The van der Waals surface area contributed by atoms with Gasteiger partial charge in [-0.2, -0.15) is 0 Å². The molecule has 2 aromatic carbocycles. The van der Waals surface area contributed by atoms with Gasteiger partial charge < -0.3 is 15.2 Å². The van der Waals surface area contributed by atoms with E-state index in [1.165, 1.54) is 0 Å². The van der Waals surface area contributed by atoms with Crippen molar-refractivity contribution >= 4 is 5.95 Å². The number of methoxy groups -OCH3 is 2. The number of nitrogens with zero attached hydrogens (tertiary/aromatic N) is 2. The molecule has 3 rings (SSSR count). The summed E-state index contributed by atoms with van der Waals surface area (Å²) < 4.78 is 10.9. The Morgan fingerprint density at radius 1 is 0.833 bits per heavy atom. The summed E-state index contributed by atoms with van der Waals surface area (Å²) >= 11 is 0. The van der Waals surface area contributed by atoms with Gasteiger partial charge in [-0.05, 0) is 30.7 Å². The van der Waals surface area contributed by atoms with Crippen LogP contribution in [-0.4, -0.2) is 24.2 Å². The fourth-order valence-corrected chi connectivity index (χ4v) is 2.69. The Hall–Kier alpha value is -3.08.